The third-order valence-corrected chi connectivity index (χ3v) is 4.82. The smallest absolute Gasteiger partial charge is 0.233 e. The fourth-order valence-corrected chi connectivity index (χ4v) is 3.21. The van der Waals surface area contributed by atoms with Crippen LogP contribution in [0.2, 0.25) is 0 Å². The molecule has 0 bridgehead atoms. The quantitative estimate of drug-likeness (QED) is 0.622. The van der Waals surface area contributed by atoms with Crippen molar-refractivity contribution in [2.45, 2.75) is 37.6 Å². The minimum atomic E-state index is -0.488. The van der Waals surface area contributed by atoms with Crippen LogP contribution in [-0.2, 0) is 11.3 Å². The van der Waals surface area contributed by atoms with Crippen LogP contribution in [0.1, 0.15) is 41.0 Å². The van der Waals surface area contributed by atoms with Gasteiger partial charge < -0.3 is 5.32 Å². The van der Waals surface area contributed by atoms with E-state index in [9.17, 15) is 19.2 Å². The van der Waals surface area contributed by atoms with Crippen LogP contribution in [0.3, 0.4) is 0 Å². The van der Waals surface area contributed by atoms with Crippen molar-refractivity contribution in [3.63, 3.8) is 0 Å². The minimum absolute atomic E-state index is 0.159. The molecule has 0 fully saturated rings. The lowest BCUT2D eigenvalue weighted by atomic mass is 10.1. The summed E-state index contributed by atoms with van der Waals surface area (Å²) in [6.45, 7) is 5.11. The van der Waals surface area contributed by atoms with Crippen LogP contribution in [0.25, 0.3) is 0 Å². The van der Waals surface area contributed by atoms with E-state index in [-0.39, 0.29) is 29.6 Å². The van der Waals surface area contributed by atoms with Crippen LogP contribution in [0.15, 0.2) is 35.4 Å². The van der Waals surface area contributed by atoms with Gasteiger partial charge in [0.15, 0.2) is 5.78 Å². The van der Waals surface area contributed by atoms with Gasteiger partial charge in [0.25, 0.3) is 0 Å². The first-order valence-electron chi connectivity index (χ1n) is 7.93. The summed E-state index contributed by atoms with van der Waals surface area (Å²) >= 11 is 1.16. The van der Waals surface area contributed by atoms with Gasteiger partial charge in [-0.2, -0.15) is 5.26 Å². The Bertz CT molecular complexity index is 876. The second-order valence-electron chi connectivity index (χ2n) is 5.75. The molecular formula is C19H18FN3O2S. The maximum Gasteiger partial charge on any atom is 0.233 e. The Morgan fingerprint density at radius 3 is 2.58 bits per heavy atom. The molecule has 2 aromatic rings. The third-order valence-electron chi connectivity index (χ3n) is 3.72. The van der Waals surface area contributed by atoms with E-state index in [0.29, 0.717) is 16.3 Å². The molecule has 7 heteroatoms. The van der Waals surface area contributed by atoms with E-state index in [0.717, 1.165) is 17.3 Å². The summed E-state index contributed by atoms with van der Waals surface area (Å²) in [6, 6.07) is 9.41. The summed E-state index contributed by atoms with van der Waals surface area (Å²) in [7, 11) is 0. The fourth-order valence-electron chi connectivity index (χ4n) is 2.27. The molecular weight excluding hydrogens is 353 g/mol. The van der Waals surface area contributed by atoms with E-state index < -0.39 is 5.25 Å². The molecule has 0 spiro atoms. The Morgan fingerprint density at radius 2 is 2.00 bits per heavy atom. The molecule has 1 unspecified atom stereocenters. The SMILES string of the molecule is CC(=O)c1cc(C#N)c(SC(C)C(=O)NCc2ccc(F)cc2)nc1C. The predicted molar refractivity (Wildman–Crippen MR) is 97.3 cm³/mol. The highest BCUT2D eigenvalue weighted by atomic mass is 32.2. The number of carbonyl (C=O) groups is 2. The van der Waals surface area contributed by atoms with Crippen molar-refractivity contribution >= 4 is 23.5 Å². The van der Waals surface area contributed by atoms with Gasteiger partial charge in [0, 0.05) is 17.8 Å². The molecule has 0 aliphatic rings. The number of pyridine rings is 1. The molecule has 1 amide bonds. The first-order chi connectivity index (χ1) is 12.3. The number of thioether (sulfide) groups is 1. The molecule has 134 valence electrons. The van der Waals surface area contributed by atoms with Crippen molar-refractivity contribution in [1.82, 2.24) is 10.3 Å². The van der Waals surface area contributed by atoms with E-state index in [4.69, 9.17) is 0 Å². The van der Waals surface area contributed by atoms with Gasteiger partial charge in [0.1, 0.15) is 16.9 Å². The minimum Gasteiger partial charge on any atom is -0.351 e. The number of Topliss-reactive ketones (excluding diaryl/α,β-unsaturated/α-hetero) is 1. The van der Waals surface area contributed by atoms with E-state index in [1.807, 2.05) is 6.07 Å². The van der Waals surface area contributed by atoms with Gasteiger partial charge in [0.2, 0.25) is 5.91 Å². The van der Waals surface area contributed by atoms with Crippen LogP contribution in [-0.4, -0.2) is 21.9 Å². The number of hydrogen-bond acceptors (Lipinski definition) is 5. The first kappa shape index (κ1) is 19.6. The normalized spacial score (nSPS) is 11.5. The number of benzene rings is 1. The maximum absolute atomic E-state index is 12.9. The second-order valence-corrected chi connectivity index (χ2v) is 7.08. The van der Waals surface area contributed by atoms with Gasteiger partial charge in [-0.05, 0) is 44.5 Å². The van der Waals surface area contributed by atoms with Crippen molar-refractivity contribution in [2.75, 3.05) is 0 Å². The number of carbonyl (C=O) groups excluding carboxylic acids is 2. The Labute approximate surface area is 155 Å². The zero-order valence-electron chi connectivity index (χ0n) is 14.7. The summed E-state index contributed by atoms with van der Waals surface area (Å²) in [5.41, 5.74) is 1.98. The highest BCUT2D eigenvalue weighted by molar-refractivity contribution is 8.00. The number of rotatable bonds is 6. The van der Waals surface area contributed by atoms with Crippen molar-refractivity contribution in [1.29, 1.82) is 5.26 Å². The summed E-state index contributed by atoms with van der Waals surface area (Å²) in [5, 5.41) is 12.0. The first-order valence-corrected chi connectivity index (χ1v) is 8.81. The van der Waals surface area contributed by atoms with E-state index in [2.05, 4.69) is 10.3 Å². The number of nitrogens with one attached hydrogen (secondary N) is 1. The molecule has 0 aliphatic carbocycles. The van der Waals surface area contributed by atoms with Crippen molar-refractivity contribution in [3.8, 4) is 6.07 Å². The average molecular weight is 371 g/mol. The monoisotopic (exact) mass is 371 g/mol. The number of hydrogen-bond donors (Lipinski definition) is 1. The van der Waals surface area contributed by atoms with Crippen LogP contribution in [0.4, 0.5) is 4.39 Å². The molecule has 1 atom stereocenters. The van der Waals surface area contributed by atoms with Crippen LogP contribution in [0, 0.1) is 24.1 Å². The number of aromatic nitrogens is 1. The lowest BCUT2D eigenvalue weighted by Crippen LogP contribution is -2.30. The zero-order chi connectivity index (χ0) is 19.3. The summed E-state index contributed by atoms with van der Waals surface area (Å²) < 4.78 is 12.9. The highest BCUT2D eigenvalue weighted by Gasteiger charge is 2.19. The van der Waals surface area contributed by atoms with E-state index in [1.54, 1.807) is 26.0 Å². The van der Waals surface area contributed by atoms with Crippen molar-refractivity contribution < 1.29 is 14.0 Å². The number of aryl methyl sites for hydroxylation is 1. The fraction of sp³-hybridized carbons (Fsp3) is 0.263. The molecule has 1 N–H and O–H groups in total. The van der Waals surface area contributed by atoms with E-state index >= 15 is 0 Å². The predicted octanol–water partition coefficient (Wildman–Crippen LogP) is 3.40. The summed E-state index contributed by atoms with van der Waals surface area (Å²) in [5.74, 6) is -0.713. The standard InChI is InChI=1S/C19H18FN3O2S/c1-11-17(12(2)24)8-15(9-21)19(23-11)26-13(3)18(25)22-10-14-4-6-16(20)7-5-14/h4-8,13H,10H2,1-3H3,(H,22,25). The molecule has 1 aromatic heterocycles. The summed E-state index contributed by atoms with van der Waals surface area (Å²) in [4.78, 5) is 28.2. The van der Waals surface area contributed by atoms with Gasteiger partial charge in [0.05, 0.1) is 10.8 Å². The second kappa shape index (κ2) is 8.59. The lowest BCUT2D eigenvalue weighted by Gasteiger charge is -2.13. The highest BCUT2D eigenvalue weighted by Crippen LogP contribution is 2.27. The maximum atomic E-state index is 12.9. The number of ketones is 1. The Morgan fingerprint density at radius 1 is 1.35 bits per heavy atom. The molecule has 1 heterocycles. The summed E-state index contributed by atoms with van der Waals surface area (Å²) in [6.07, 6.45) is 0. The van der Waals surface area contributed by atoms with Gasteiger partial charge in [-0.15, -0.1) is 0 Å². The van der Waals surface area contributed by atoms with Gasteiger partial charge >= 0.3 is 0 Å². The van der Waals surface area contributed by atoms with Gasteiger partial charge in [-0.25, -0.2) is 9.37 Å². The number of nitriles is 1. The topological polar surface area (TPSA) is 82.8 Å². The van der Waals surface area contributed by atoms with Crippen LogP contribution in [0.5, 0.6) is 0 Å². The van der Waals surface area contributed by atoms with Crippen molar-refractivity contribution in [3.05, 3.63) is 58.5 Å². The Balaban J connectivity index is 2.06. The van der Waals surface area contributed by atoms with E-state index in [1.165, 1.54) is 25.1 Å². The Hall–Kier alpha value is -2.72. The van der Waals surface area contributed by atoms with Crippen LogP contribution >= 0.6 is 11.8 Å². The Kier molecular flexibility index (Phi) is 6.47. The number of amides is 1. The average Bonchev–Trinajstić information content (AvgIpc) is 2.60. The molecule has 1 aromatic carbocycles. The molecule has 5 nitrogen and oxygen atoms in total. The lowest BCUT2D eigenvalue weighted by molar-refractivity contribution is -0.120. The third kappa shape index (κ3) is 4.90. The molecule has 26 heavy (non-hydrogen) atoms. The van der Waals surface area contributed by atoms with Gasteiger partial charge in [-0.1, -0.05) is 23.9 Å². The number of halogens is 1. The zero-order valence-corrected chi connectivity index (χ0v) is 15.5. The van der Waals surface area contributed by atoms with Crippen LogP contribution < -0.4 is 5.32 Å². The molecule has 2 rings (SSSR count). The molecule has 0 saturated heterocycles. The number of nitrogens with zero attached hydrogens (tertiary/aromatic N) is 2. The largest absolute Gasteiger partial charge is 0.351 e. The molecule has 0 radical (unpaired) electrons. The van der Waals surface area contributed by atoms with Crippen molar-refractivity contribution in [2.24, 2.45) is 0 Å². The molecule has 0 aliphatic heterocycles. The van der Waals surface area contributed by atoms with Gasteiger partial charge in [-0.3, -0.25) is 9.59 Å². The molecule has 0 saturated carbocycles.